The number of likely N-dealkylation sites (tertiary alicyclic amines) is 1. The third-order valence-corrected chi connectivity index (χ3v) is 8.68. The Morgan fingerprint density at radius 3 is 2.37 bits per heavy atom. The van der Waals surface area contributed by atoms with Gasteiger partial charge in [0.1, 0.15) is 11.5 Å². The van der Waals surface area contributed by atoms with E-state index in [1.54, 1.807) is 4.90 Å². The number of anilines is 2. The number of carbonyl (C=O) groups excluding carboxylic acids is 1. The van der Waals surface area contributed by atoms with Crippen LogP contribution in [0.25, 0.3) is 0 Å². The molecule has 1 aliphatic carbocycles. The molecule has 6 rings (SSSR count). The highest BCUT2D eigenvalue weighted by molar-refractivity contribution is 6.05. The largest absolute Gasteiger partial charge is 0.378 e. The maximum atomic E-state index is 15.3. The summed E-state index contributed by atoms with van der Waals surface area (Å²) in [5, 5.41) is 0. The molecule has 1 amide bonds. The number of aromatic nitrogens is 1. The molecule has 0 spiro atoms. The summed E-state index contributed by atoms with van der Waals surface area (Å²) in [6.45, 7) is 8.44. The van der Waals surface area contributed by atoms with Gasteiger partial charge in [0.05, 0.1) is 18.9 Å². The van der Waals surface area contributed by atoms with Crippen LogP contribution in [0, 0.1) is 23.6 Å². The molecule has 200 valence electrons. The minimum Gasteiger partial charge on any atom is -0.378 e. The minimum atomic E-state index is -0.287. The molecule has 2 aromatic carbocycles. The average Bonchev–Trinajstić information content (AvgIpc) is 3.23. The van der Waals surface area contributed by atoms with E-state index in [1.165, 1.54) is 17.2 Å². The zero-order chi connectivity index (χ0) is 26.2. The number of nitrogens with zero attached hydrogens (tertiary/aromatic N) is 4. The van der Waals surface area contributed by atoms with E-state index in [-0.39, 0.29) is 11.7 Å². The van der Waals surface area contributed by atoms with E-state index in [4.69, 9.17) is 4.74 Å². The number of fused-ring (bicyclic) bond motifs is 1. The smallest absolute Gasteiger partial charge is 0.274 e. The van der Waals surface area contributed by atoms with Gasteiger partial charge in [-0.15, -0.1) is 0 Å². The molecule has 0 radical (unpaired) electrons. The summed E-state index contributed by atoms with van der Waals surface area (Å²) in [6, 6.07) is 17.9. The van der Waals surface area contributed by atoms with Gasteiger partial charge in [-0.25, -0.2) is 4.39 Å². The second-order valence-electron chi connectivity index (χ2n) is 11.0. The van der Waals surface area contributed by atoms with E-state index >= 15 is 4.39 Å². The van der Waals surface area contributed by atoms with Gasteiger partial charge in [-0.3, -0.25) is 9.69 Å². The van der Waals surface area contributed by atoms with Gasteiger partial charge in [0.2, 0.25) is 0 Å². The predicted molar refractivity (Wildman–Crippen MR) is 148 cm³/mol. The van der Waals surface area contributed by atoms with Crippen LogP contribution in [0.5, 0.6) is 0 Å². The SMILES string of the molecule is CCc1ccc(CN2CC3C(C2)C3CN(C(=O)c2cccn2C)c2ccc(N3CCOCC3)c(F)c2)cc1. The summed E-state index contributed by atoms with van der Waals surface area (Å²) in [5.74, 6) is 1.26. The van der Waals surface area contributed by atoms with Gasteiger partial charge in [0, 0.05) is 58.2 Å². The van der Waals surface area contributed by atoms with Crippen LogP contribution in [-0.4, -0.2) is 61.3 Å². The number of carbonyl (C=O) groups is 1. The minimum absolute atomic E-state index is 0.0751. The molecule has 7 heteroatoms. The standard InChI is InChI=1S/C31H37FN4O2/c1-3-22-6-8-23(9-7-22)18-34-19-25-26(20-34)27(25)21-36(31(37)30-5-4-12-33(30)2)24-10-11-29(28(32)17-24)35-13-15-38-16-14-35/h4-12,17,25-27H,3,13-16,18-21H2,1-2H3. The van der Waals surface area contributed by atoms with Crippen molar-refractivity contribution in [3.05, 3.63) is 83.4 Å². The molecule has 2 unspecified atom stereocenters. The summed E-state index contributed by atoms with van der Waals surface area (Å²) in [7, 11) is 1.88. The van der Waals surface area contributed by atoms with Crippen molar-refractivity contribution >= 4 is 17.3 Å². The quantitative estimate of drug-likeness (QED) is 0.439. The third-order valence-electron chi connectivity index (χ3n) is 8.68. The first-order chi connectivity index (χ1) is 18.5. The highest BCUT2D eigenvalue weighted by Crippen LogP contribution is 2.52. The average molecular weight is 517 g/mol. The number of aryl methyl sites for hydroxylation is 2. The highest BCUT2D eigenvalue weighted by Gasteiger charge is 2.56. The van der Waals surface area contributed by atoms with Gasteiger partial charge in [-0.05, 0) is 65.6 Å². The molecule has 38 heavy (non-hydrogen) atoms. The molecule has 3 aliphatic rings. The molecule has 3 heterocycles. The third kappa shape index (κ3) is 4.97. The van der Waals surface area contributed by atoms with Gasteiger partial charge in [-0.2, -0.15) is 0 Å². The summed E-state index contributed by atoms with van der Waals surface area (Å²) in [4.78, 5) is 20.1. The van der Waals surface area contributed by atoms with Crippen LogP contribution in [0.4, 0.5) is 15.8 Å². The van der Waals surface area contributed by atoms with Crippen LogP contribution in [0.2, 0.25) is 0 Å². The molecule has 0 N–H and O–H groups in total. The van der Waals surface area contributed by atoms with E-state index < -0.39 is 0 Å². The van der Waals surface area contributed by atoms with Crippen LogP contribution in [0.15, 0.2) is 60.8 Å². The van der Waals surface area contributed by atoms with Gasteiger partial charge in [-0.1, -0.05) is 31.2 Å². The molecule has 6 nitrogen and oxygen atoms in total. The lowest BCUT2D eigenvalue weighted by Gasteiger charge is -2.30. The number of morpholine rings is 1. The van der Waals surface area contributed by atoms with Gasteiger partial charge < -0.3 is 19.1 Å². The summed E-state index contributed by atoms with van der Waals surface area (Å²) < 4.78 is 22.6. The molecule has 1 saturated carbocycles. The lowest BCUT2D eigenvalue weighted by atomic mass is 10.1. The number of benzene rings is 2. The fourth-order valence-electron chi connectivity index (χ4n) is 6.34. The molecule has 2 atom stereocenters. The monoisotopic (exact) mass is 516 g/mol. The van der Waals surface area contributed by atoms with Crippen LogP contribution < -0.4 is 9.80 Å². The molecule has 3 fully saturated rings. The Hall–Kier alpha value is -3.16. The van der Waals surface area contributed by atoms with E-state index in [9.17, 15) is 4.79 Å². The summed E-state index contributed by atoms with van der Waals surface area (Å²) >= 11 is 0. The molecule has 0 bridgehead atoms. The molecule has 2 aliphatic heterocycles. The number of amides is 1. The number of hydrogen-bond donors (Lipinski definition) is 0. The number of hydrogen-bond acceptors (Lipinski definition) is 4. The number of halogens is 1. The predicted octanol–water partition coefficient (Wildman–Crippen LogP) is 4.59. The fourth-order valence-corrected chi connectivity index (χ4v) is 6.34. The lowest BCUT2D eigenvalue weighted by molar-refractivity contribution is 0.0976. The molecular weight excluding hydrogens is 479 g/mol. The first-order valence-electron chi connectivity index (χ1n) is 13.9. The zero-order valence-electron chi connectivity index (χ0n) is 22.4. The molecule has 2 saturated heterocycles. The second kappa shape index (κ2) is 10.5. The van der Waals surface area contributed by atoms with E-state index in [0.29, 0.717) is 67.7 Å². The zero-order valence-corrected chi connectivity index (χ0v) is 22.4. The van der Waals surface area contributed by atoms with Crippen LogP contribution >= 0.6 is 0 Å². The number of rotatable bonds is 8. The Labute approximate surface area is 224 Å². The topological polar surface area (TPSA) is 41.0 Å². The summed E-state index contributed by atoms with van der Waals surface area (Å²) in [5.41, 5.74) is 4.55. The Morgan fingerprint density at radius 2 is 1.74 bits per heavy atom. The number of piperidine rings is 1. The van der Waals surface area contributed by atoms with Crippen molar-refractivity contribution in [1.82, 2.24) is 9.47 Å². The van der Waals surface area contributed by atoms with Crippen molar-refractivity contribution in [3.8, 4) is 0 Å². The Bertz CT molecular complexity index is 1270. The van der Waals surface area contributed by atoms with Crippen molar-refractivity contribution in [1.29, 1.82) is 0 Å². The van der Waals surface area contributed by atoms with Crippen molar-refractivity contribution in [2.24, 2.45) is 24.8 Å². The van der Waals surface area contributed by atoms with E-state index in [0.717, 1.165) is 26.1 Å². The normalized spacial score (nSPS) is 22.9. The first kappa shape index (κ1) is 25.1. The lowest BCUT2D eigenvalue weighted by Crippen LogP contribution is -2.37. The van der Waals surface area contributed by atoms with Crippen LogP contribution in [-0.2, 0) is 24.8 Å². The Balaban J connectivity index is 1.16. The van der Waals surface area contributed by atoms with Gasteiger partial charge in [0.25, 0.3) is 5.91 Å². The molecular formula is C31H37FN4O2. The molecule has 3 aromatic rings. The van der Waals surface area contributed by atoms with E-state index in [1.807, 2.05) is 47.0 Å². The van der Waals surface area contributed by atoms with E-state index in [2.05, 4.69) is 36.1 Å². The Kier molecular flexibility index (Phi) is 6.97. The first-order valence-corrected chi connectivity index (χ1v) is 13.9. The van der Waals surface area contributed by atoms with Gasteiger partial charge in [0.15, 0.2) is 0 Å². The molecule has 1 aromatic heterocycles. The second-order valence-corrected chi connectivity index (χ2v) is 11.0. The maximum Gasteiger partial charge on any atom is 0.274 e. The highest BCUT2D eigenvalue weighted by atomic mass is 19.1. The van der Waals surface area contributed by atoms with Crippen molar-refractivity contribution < 1.29 is 13.9 Å². The summed E-state index contributed by atoms with van der Waals surface area (Å²) in [6.07, 6.45) is 2.94. The van der Waals surface area contributed by atoms with Crippen LogP contribution in [0.1, 0.15) is 28.5 Å². The van der Waals surface area contributed by atoms with Crippen LogP contribution in [0.3, 0.4) is 0 Å². The maximum absolute atomic E-state index is 15.3. The van der Waals surface area contributed by atoms with Gasteiger partial charge >= 0.3 is 0 Å². The van der Waals surface area contributed by atoms with Crippen molar-refractivity contribution in [3.63, 3.8) is 0 Å². The van der Waals surface area contributed by atoms with Crippen molar-refractivity contribution in [2.45, 2.75) is 19.9 Å². The number of ether oxygens (including phenoxy) is 1. The van der Waals surface area contributed by atoms with Crippen molar-refractivity contribution in [2.75, 3.05) is 55.7 Å². The Morgan fingerprint density at radius 1 is 1.03 bits per heavy atom. The fraction of sp³-hybridized carbons (Fsp3) is 0.452.